The molecule has 1 aromatic carbocycles. The molecule has 0 spiro atoms. The third kappa shape index (κ3) is 4.81. The number of rotatable bonds is 6. The quantitative estimate of drug-likeness (QED) is 0.441. The molecular formula is C27H37N4O2+. The van der Waals surface area contributed by atoms with E-state index in [-0.39, 0.29) is 17.6 Å². The van der Waals surface area contributed by atoms with Crippen LogP contribution in [0.1, 0.15) is 76.6 Å². The number of anilines is 2. The maximum absolute atomic E-state index is 12.8. The molecule has 1 atom stereocenters. The molecule has 0 amide bonds. The minimum Gasteiger partial charge on any atom is -0.456 e. The summed E-state index contributed by atoms with van der Waals surface area (Å²) >= 11 is 0. The fourth-order valence-electron chi connectivity index (χ4n) is 6.68. The van der Waals surface area contributed by atoms with Gasteiger partial charge < -0.3 is 15.4 Å². The van der Waals surface area contributed by atoms with Crippen molar-refractivity contribution >= 4 is 29.9 Å². The highest BCUT2D eigenvalue weighted by molar-refractivity contribution is 5.93. The fourth-order valence-corrected chi connectivity index (χ4v) is 6.68. The highest BCUT2D eigenvalue weighted by Crippen LogP contribution is 2.57. The summed E-state index contributed by atoms with van der Waals surface area (Å²) < 4.78 is 9.86. The fraction of sp³-hybridized carbons (Fsp3) is 0.593. The molecular weight excluding hydrogens is 412 g/mol. The van der Waals surface area contributed by atoms with Gasteiger partial charge in [0.2, 0.25) is 0 Å². The Bertz CT molecular complexity index is 994. The topological polar surface area (TPSA) is 76.5 Å². The number of carbonyl (C=O) groups excluding carboxylic acids is 1. The van der Waals surface area contributed by atoms with Gasteiger partial charge in [-0.25, -0.2) is 14.8 Å². The van der Waals surface area contributed by atoms with Gasteiger partial charge in [-0.1, -0.05) is 0 Å². The van der Waals surface area contributed by atoms with Crippen molar-refractivity contribution in [2.75, 3.05) is 10.6 Å². The van der Waals surface area contributed by atoms with E-state index in [0.717, 1.165) is 34.7 Å². The van der Waals surface area contributed by atoms with Crippen LogP contribution < -0.4 is 20.6 Å². The average Bonchev–Trinajstić information content (AvgIpc) is 2.73. The van der Waals surface area contributed by atoms with Gasteiger partial charge in [0.25, 0.3) is 0 Å². The zero-order valence-corrected chi connectivity index (χ0v) is 20.3. The number of hydrogen-bond acceptors (Lipinski definition) is 5. The van der Waals surface area contributed by atoms with Crippen LogP contribution in [0.4, 0.5) is 11.4 Å². The lowest BCUT2D eigenvalue weighted by Crippen LogP contribution is -2.54. The van der Waals surface area contributed by atoms with Crippen molar-refractivity contribution in [1.29, 1.82) is 0 Å². The maximum Gasteiger partial charge on any atom is 0.338 e. The van der Waals surface area contributed by atoms with E-state index >= 15 is 0 Å². The molecule has 6 heteroatoms. The maximum atomic E-state index is 12.8. The largest absolute Gasteiger partial charge is 0.456 e. The van der Waals surface area contributed by atoms with Gasteiger partial charge in [-0.2, -0.15) is 0 Å². The Hall–Kier alpha value is -2.72. The lowest BCUT2D eigenvalue weighted by Gasteiger charge is -2.57. The summed E-state index contributed by atoms with van der Waals surface area (Å²) in [5, 5.41) is 10.7. The van der Waals surface area contributed by atoms with Crippen molar-refractivity contribution in [3.05, 3.63) is 35.5 Å². The standard InChI is InChI=1S/C27H36N4O2/c1-17(22-14-28-16-29-15-22)30-24-10-21(25(32)33-26(2,3)4)5-6-23(24)31-27-11-18-7-19(12-27)9-20(8-18)13-27/h5-6,10,14-20,30H,7-9,11-13H2,1-4H3,(H,31,32)/p+1. The Morgan fingerprint density at radius 2 is 1.79 bits per heavy atom. The summed E-state index contributed by atoms with van der Waals surface area (Å²) in [5.41, 5.74) is 3.28. The van der Waals surface area contributed by atoms with E-state index in [9.17, 15) is 4.79 Å². The van der Waals surface area contributed by atoms with Crippen molar-refractivity contribution in [2.45, 2.75) is 83.4 Å². The lowest BCUT2D eigenvalue weighted by atomic mass is 9.53. The Labute approximate surface area is 197 Å². The van der Waals surface area contributed by atoms with Crippen molar-refractivity contribution in [3.63, 3.8) is 0 Å². The van der Waals surface area contributed by atoms with Gasteiger partial charge in [0.15, 0.2) is 6.21 Å². The van der Waals surface area contributed by atoms with Crippen molar-refractivity contribution in [1.82, 2.24) is 9.98 Å². The zero-order valence-electron chi connectivity index (χ0n) is 20.3. The Morgan fingerprint density at radius 3 is 2.36 bits per heavy atom. The molecule has 1 aromatic rings. The molecule has 4 bridgehead atoms. The minimum absolute atomic E-state index is 0.0285. The second-order valence-electron chi connectivity index (χ2n) is 11.7. The number of benzene rings is 1. The molecule has 5 aliphatic rings. The van der Waals surface area contributed by atoms with Gasteiger partial charge in [-0.05, 0) is 102 Å². The number of ether oxygens (including phenoxy) is 1. The number of nitrogens with zero attached hydrogens (tertiary/aromatic N) is 1. The SMILES string of the molecule is CC(Nc1cc(C(=O)OC(C)(C)C)ccc1NC12CC3CC(CC(C3)C1)C2)C1=CNC=[N+]=C1. The van der Waals surface area contributed by atoms with Crippen LogP contribution in [0.2, 0.25) is 0 Å². The van der Waals surface area contributed by atoms with Gasteiger partial charge in [-0.3, -0.25) is 0 Å². The number of nitrogens with one attached hydrogen (secondary N) is 3. The zero-order chi connectivity index (χ0) is 23.2. The smallest absolute Gasteiger partial charge is 0.338 e. The van der Waals surface area contributed by atoms with E-state index in [4.69, 9.17) is 4.74 Å². The molecule has 1 heterocycles. The van der Waals surface area contributed by atoms with E-state index in [0.29, 0.717) is 5.56 Å². The van der Waals surface area contributed by atoms with Gasteiger partial charge >= 0.3 is 12.3 Å². The number of esters is 1. The second kappa shape index (κ2) is 8.25. The first-order valence-corrected chi connectivity index (χ1v) is 12.4. The third-order valence-corrected chi connectivity index (χ3v) is 7.59. The molecule has 6 rings (SSSR count). The van der Waals surface area contributed by atoms with Gasteiger partial charge in [0, 0.05) is 5.54 Å². The van der Waals surface area contributed by atoms with E-state index in [1.54, 1.807) is 6.34 Å². The second-order valence-corrected chi connectivity index (χ2v) is 11.7. The predicted molar refractivity (Wildman–Crippen MR) is 135 cm³/mol. The van der Waals surface area contributed by atoms with Crippen LogP contribution in [0.5, 0.6) is 0 Å². The van der Waals surface area contributed by atoms with Crippen molar-refractivity contribution < 1.29 is 9.53 Å². The van der Waals surface area contributed by atoms with E-state index in [2.05, 4.69) is 33.6 Å². The molecule has 176 valence electrons. The van der Waals surface area contributed by atoms with Crippen molar-refractivity contribution in [3.8, 4) is 0 Å². The minimum atomic E-state index is -0.528. The molecule has 4 aliphatic carbocycles. The average molecular weight is 450 g/mol. The molecule has 3 N–H and O–H groups in total. The number of hydrogen-bond donors (Lipinski definition) is 3. The van der Waals surface area contributed by atoms with Crippen LogP contribution in [0.25, 0.3) is 0 Å². The Morgan fingerprint density at radius 1 is 1.12 bits per heavy atom. The lowest BCUT2D eigenvalue weighted by molar-refractivity contribution is 0.00695. The van der Waals surface area contributed by atoms with Crippen LogP contribution in [0.15, 0.2) is 30.0 Å². The normalized spacial score (nSPS) is 30.4. The molecule has 0 radical (unpaired) electrons. The van der Waals surface area contributed by atoms with E-state index in [1.807, 2.05) is 45.3 Å². The van der Waals surface area contributed by atoms with Crippen LogP contribution in [0, 0.1) is 17.8 Å². The molecule has 1 aliphatic heterocycles. The molecule has 33 heavy (non-hydrogen) atoms. The molecule has 4 saturated carbocycles. The molecule has 1 unspecified atom stereocenters. The van der Waals surface area contributed by atoms with Gasteiger partial charge in [0.1, 0.15) is 5.60 Å². The first kappa shape index (κ1) is 22.1. The molecule has 0 aromatic heterocycles. The molecule has 0 saturated heterocycles. The highest BCUT2D eigenvalue weighted by Gasteiger charge is 2.51. The van der Waals surface area contributed by atoms with Gasteiger partial charge in [0.05, 0.1) is 34.8 Å². The Kier molecular flexibility index (Phi) is 5.52. The summed E-state index contributed by atoms with van der Waals surface area (Å²) in [6.07, 6.45) is 13.5. The summed E-state index contributed by atoms with van der Waals surface area (Å²) in [4.78, 5) is 12.8. The van der Waals surface area contributed by atoms with Crippen molar-refractivity contribution in [2.24, 2.45) is 17.8 Å². The van der Waals surface area contributed by atoms with E-state index in [1.165, 1.54) is 38.5 Å². The molecule has 6 nitrogen and oxygen atoms in total. The summed E-state index contributed by atoms with van der Waals surface area (Å²) in [6, 6.07) is 5.92. The van der Waals surface area contributed by atoms with Crippen LogP contribution in [-0.2, 0) is 4.74 Å². The van der Waals surface area contributed by atoms with E-state index < -0.39 is 5.60 Å². The molecule has 4 fully saturated rings. The predicted octanol–water partition coefficient (Wildman–Crippen LogP) is 4.48. The first-order valence-electron chi connectivity index (χ1n) is 12.4. The first-order chi connectivity index (χ1) is 15.7. The highest BCUT2D eigenvalue weighted by atomic mass is 16.6. The van der Waals surface area contributed by atoms with Crippen LogP contribution >= 0.6 is 0 Å². The summed E-state index contributed by atoms with van der Waals surface area (Å²) in [7, 11) is 0. The summed E-state index contributed by atoms with van der Waals surface area (Å²) in [6.45, 7) is 7.80. The third-order valence-electron chi connectivity index (χ3n) is 7.59. The number of carbonyl (C=O) groups is 1. The van der Waals surface area contributed by atoms with Gasteiger partial charge in [-0.15, -0.1) is 0 Å². The monoisotopic (exact) mass is 449 g/mol. The van der Waals surface area contributed by atoms with Crippen LogP contribution in [0.3, 0.4) is 0 Å². The van der Waals surface area contributed by atoms with Crippen LogP contribution in [-0.4, -0.2) is 35.7 Å². The Balaban J connectivity index is 1.43. The summed E-state index contributed by atoms with van der Waals surface area (Å²) in [5.74, 6) is 2.30.